The number of carbonyl (C=O) groups excluding carboxylic acids is 1. The maximum absolute atomic E-state index is 12.8. The van der Waals surface area contributed by atoms with Crippen molar-refractivity contribution in [1.29, 1.82) is 0 Å². The number of nitro benzene ring substituents is 1. The van der Waals surface area contributed by atoms with Crippen molar-refractivity contribution in [1.82, 2.24) is 10.1 Å². The van der Waals surface area contributed by atoms with Crippen LogP contribution in [0.5, 0.6) is 11.5 Å². The smallest absolute Gasteiger partial charge is 0.270 e. The Bertz CT molecular complexity index is 1390. The molecule has 0 saturated carbocycles. The average molecular weight is 481 g/mol. The SMILES string of the molecule is COc1ccc(-c2noc(-c3ccccc3NC(=O)c3ccc([N+](=O)[O-])cc3Cl)n2)cc1OC. The summed E-state index contributed by atoms with van der Waals surface area (Å²) in [4.78, 5) is 27.6. The van der Waals surface area contributed by atoms with Gasteiger partial charge in [-0.25, -0.2) is 0 Å². The molecule has 3 aromatic carbocycles. The van der Waals surface area contributed by atoms with Gasteiger partial charge in [0.2, 0.25) is 5.82 Å². The van der Waals surface area contributed by atoms with Crippen LogP contribution in [0, 0.1) is 10.1 Å². The third-order valence-electron chi connectivity index (χ3n) is 4.88. The first-order valence-corrected chi connectivity index (χ1v) is 10.2. The number of nitro groups is 1. The first-order valence-electron chi connectivity index (χ1n) is 9.82. The van der Waals surface area contributed by atoms with Crippen molar-refractivity contribution < 1.29 is 23.7 Å². The standard InChI is InChI=1S/C23H17ClN4O6/c1-32-19-10-7-13(11-20(19)33-2)21-26-23(34-27-21)16-5-3-4-6-18(16)25-22(29)15-9-8-14(28(30)31)12-17(15)24/h3-12H,1-2H3,(H,25,29). The number of hydrogen-bond donors (Lipinski definition) is 1. The molecule has 172 valence electrons. The summed E-state index contributed by atoms with van der Waals surface area (Å²) in [5, 5.41) is 17.6. The van der Waals surface area contributed by atoms with E-state index in [4.69, 9.17) is 25.6 Å². The molecule has 4 rings (SSSR count). The van der Waals surface area contributed by atoms with E-state index in [0.717, 1.165) is 6.07 Å². The lowest BCUT2D eigenvalue weighted by molar-refractivity contribution is -0.384. The predicted molar refractivity (Wildman–Crippen MR) is 124 cm³/mol. The Balaban J connectivity index is 1.62. The minimum Gasteiger partial charge on any atom is -0.493 e. The predicted octanol–water partition coefficient (Wildman–Crippen LogP) is 5.23. The molecule has 4 aromatic rings. The largest absolute Gasteiger partial charge is 0.493 e. The molecule has 11 heteroatoms. The highest BCUT2D eigenvalue weighted by Crippen LogP contribution is 2.33. The topological polar surface area (TPSA) is 130 Å². The minimum atomic E-state index is -0.589. The summed E-state index contributed by atoms with van der Waals surface area (Å²) in [6.07, 6.45) is 0. The van der Waals surface area contributed by atoms with Gasteiger partial charge < -0.3 is 19.3 Å². The lowest BCUT2D eigenvalue weighted by Gasteiger charge is -2.09. The molecule has 0 atom stereocenters. The fraction of sp³-hybridized carbons (Fsp3) is 0.0870. The third kappa shape index (κ3) is 4.52. The van der Waals surface area contributed by atoms with Crippen LogP contribution in [0.15, 0.2) is 65.2 Å². The average Bonchev–Trinajstić information content (AvgIpc) is 3.33. The van der Waals surface area contributed by atoms with Crippen molar-refractivity contribution in [2.45, 2.75) is 0 Å². The van der Waals surface area contributed by atoms with E-state index in [0.29, 0.717) is 34.1 Å². The third-order valence-corrected chi connectivity index (χ3v) is 5.19. The molecule has 10 nitrogen and oxygen atoms in total. The number of amides is 1. The molecule has 0 aliphatic heterocycles. The Morgan fingerprint density at radius 1 is 1.06 bits per heavy atom. The van der Waals surface area contributed by atoms with E-state index >= 15 is 0 Å². The van der Waals surface area contributed by atoms with Crippen molar-refractivity contribution in [3.8, 4) is 34.3 Å². The van der Waals surface area contributed by atoms with Crippen LogP contribution in [0.2, 0.25) is 5.02 Å². The van der Waals surface area contributed by atoms with Gasteiger partial charge in [-0.15, -0.1) is 0 Å². The van der Waals surface area contributed by atoms with Gasteiger partial charge in [0.15, 0.2) is 11.5 Å². The molecular formula is C23H17ClN4O6. The number of anilines is 1. The number of nitrogens with zero attached hydrogens (tertiary/aromatic N) is 3. The second-order valence-corrected chi connectivity index (χ2v) is 7.32. The van der Waals surface area contributed by atoms with Gasteiger partial charge in [-0.3, -0.25) is 14.9 Å². The van der Waals surface area contributed by atoms with E-state index in [1.807, 2.05) is 0 Å². The Kier molecular flexibility index (Phi) is 6.42. The summed E-state index contributed by atoms with van der Waals surface area (Å²) in [5.41, 5.74) is 1.39. The van der Waals surface area contributed by atoms with Crippen molar-refractivity contribution in [2.75, 3.05) is 19.5 Å². The van der Waals surface area contributed by atoms with Gasteiger partial charge in [0, 0.05) is 17.7 Å². The number of hydrogen-bond acceptors (Lipinski definition) is 8. The van der Waals surface area contributed by atoms with Crippen LogP contribution in [0.25, 0.3) is 22.8 Å². The zero-order chi connectivity index (χ0) is 24.2. The van der Waals surface area contributed by atoms with Crippen LogP contribution in [-0.2, 0) is 0 Å². The zero-order valence-electron chi connectivity index (χ0n) is 17.9. The van der Waals surface area contributed by atoms with Crippen LogP contribution < -0.4 is 14.8 Å². The molecule has 34 heavy (non-hydrogen) atoms. The summed E-state index contributed by atoms with van der Waals surface area (Å²) in [6, 6.07) is 15.7. The Labute approximate surface area is 198 Å². The Morgan fingerprint density at radius 3 is 2.53 bits per heavy atom. The summed E-state index contributed by atoms with van der Waals surface area (Å²) >= 11 is 6.08. The fourth-order valence-corrected chi connectivity index (χ4v) is 3.46. The number of halogens is 1. The minimum absolute atomic E-state index is 0.0438. The maximum Gasteiger partial charge on any atom is 0.270 e. The highest BCUT2D eigenvalue weighted by atomic mass is 35.5. The quantitative estimate of drug-likeness (QED) is 0.281. The molecule has 1 heterocycles. The van der Waals surface area contributed by atoms with Gasteiger partial charge in [-0.05, 0) is 36.4 Å². The van der Waals surface area contributed by atoms with Crippen LogP contribution in [0.3, 0.4) is 0 Å². The van der Waals surface area contributed by atoms with E-state index < -0.39 is 10.8 Å². The second-order valence-electron chi connectivity index (χ2n) is 6.91. The van der Waals surface area contributed by atoms with E-state index in [-0.39, 0.29) is 22.2 Å². The van der Waals surface area contributed by atoms with E-state index in [1.54, 1.807) is 49.6 Å². The van der Waals surface area contributed by atoms with Crippen molar-refractivity contribution in [3.05, 3.63) is 81.4 Å². The molecule has 0 fully saturated rings. The first-order chi connectivity index (χ1) is 16.4. The number of carbonyl (C=O) groups is 1. The molecule has 0 unspecified atom stereocenters. The van der Waals surface area contributed by atoms with Crippen LogP contribution >= 0.6 is 11.6 Å². The van der Waals surface area contributed by atoms with E-state index in [2.05, 4.69) is 15.5 Å². The van der Waals surface area contributed by atoms with Crippen molar-refractivity contribution in [3.63, 3.8) is 0 Å². The molecular weight excluding hydrogens is 464 g/mol. The lowest BCUT2D eigenvalue weighted by Crippen LogP contribution is -2.13. The van der Waals surface area contributed by atoms with Crippen LogP contribution in [0.4, 0.5) is 11.4 Å². The molecule has 0 radical (unpaired) electrons. The van der Waals surface area contributed by atoms with Gasteiger partial charge in [0.25, 0.3) is 17.5 Å². The van der Waals surface area contributed by atoms with Gasteiger partial charge in [-0.2, -0.15) is 4.98 Å². The number of aromatic nitrogens is 2. The van der Waals surface area contributed by atoms with Gasteiger partial charge in [0.05, 0.1) is 41.0 Å². The number of rotatable bonds is 7. The molecule has 1 aromatic heterocycles. The molecule has 0 aliphatic carbocycles. The summed E-state index contributed by atoms with van der Waals surface area (Å²) < 4.78 is 16.0. The Morgan fingerprint density at radius 2 is 1.82 bits per heavy atom. The van der Waals surface area contributed by atoms with Crippen LogP contribution in [0.1, 0.15) is 10.4 Å². The number of para-hydroxylation sites is 1. The molecule has 0 saturated heterocycles. The molecule has 0 spiro atoms. The first kappa shape index (κ1) is 22.7. The molecule has 0 bridgehead atoms. The summed E-state index contributed by atoms with van der Waals surface area (Å²) in [6.45, 7) is 0. The highest BCUT2D eigenvalue weighted by Gasteiger charge is 2.19. The van der Waals surface area contributed by atoms with Crippen LogP contribution in [-0.4, -0.2) is 35.2 Å². The van der Waals surface area contributed by atoms with Gasteiger partial charge >= 0.3 is 0 Å². The number of benzene rings is 3. The number of ether oxygens (including phenoxy) is 2. The number of nitrogens with one attached hydrogen (secondary N) is 1. The molecule has 1 amide bonds. The fourth-order valence-electron chi connectivity index (χ4n) is 3.20. The van der Waals surface area contributed by atoms with Gasteiger partial charge in [-0.1, -0.05) is 28.9 Å². The van der Waals surface area contributed by atoms with E-state index in [1.165, 1.54) is 19.2 Å². The maximum atomic E-state index is 12.8. The number of non-ortho nitro benzene ring substituents is 1. The van der Waals surface area contributed by atoms with Gasteiger partial charge in [0.1, 0.15) is 0 Å². The molecule has 1 N–H and O–H groups in total. The lowest BCUT2D eigenvalue weighted by atomic mass is 10.1. The van der Waals surface area contributed by atoms with Crippen molar-refractivity contribution in [2.24, 2.45) is 0 Å². The zero-order valence-corrected chi connectivity index (χ0v) is 18.7. The summed E-state index contributed by atoms with van der Waals surface area (Å²) in [7, 11) is 3.07. The molecule has 0 aliphatic rings. The Hall–Kier alpha value is -4.44. The monoisotopic (exact) mass is 480 g/mol. The second kappa shape index (κ2) is 9.59. The van der Waals surface area contributed by atoms with E-state index in [9.17, 15) is 14.9 Å². The number of methoxy groups -OCH3 is 2. The highest BCUT2D eigenvalue weighted by molar-refractivity contribution is 6.34. The van der Waals surface area contributed by atoms with Crippen molar-refractivity contribution >= 4 is 28.9 Å². The summed E-state index contributed by atoms with van der Waals surface area (Å²) in [5.74, 6) is 1.02. The normalized spacial score (nSPS) is 10.6.